The van der Waals surface area contributed by atoms with Gasteiger partial charge in [-0.2, -0.15) is 17.5 Å². The smallest absolute Gasteiger partial charge is 0.373 e. The van der Waals surface area contributed by atoms with Crippen LogP contribution in [0, 0.1) is 0 Å². The summed E-state index contributed by atoms with van der Waals surface area (Å²) in [4.78, 5) is 3.91. The summed E-state index contributed by atoms with van der Waals surface area (Å²) in [6.07, 6.45) is 3.81. The summed E-state index contributed by atoms with van der Waals surface area (Å²) in [6, 6.07) is 3.66. The van der Waals surface area contributed by atoms with Crippen molar-refractivity contribution in [3.63, 3.8) is 0 Å². The fraction of sp³-hybridized carbons (Fsp3) is 0.615. The van der Waals surface area contributed by atoms with Crippen LogP contribution in [-0.2, 0) is 21.4 Å². The topological polar surface area (TPSA) is 59.5 Å². The van der Waals surface area contributed by atoms with Crippen LogP contribution < -0.4 is 0 Å². The van der Waals surface area contributed by atoms with E-state index in [1.54, 1.807) is 12.4 Å². The second kappa shape index (κ2) is 5.91. The van der Waals surface area contributed by atoms with Crippen LogP contribution in [0.2, 0.25) is 0 Å². The quantitative estimate of drug-likeness (QED) is 0.814. The Balaban J connectivity index is 1.52. The van der Waals surface area contributed by atoms with E-state index in [4.69, 9.17) is 4.74 Å². The first kappa shape index (κ1) is 17.0. The fourth-order valence-electron chi connectivity index (χ4n) is 2.74. The van der Waals surface area contributed by atoms with E-state index in [9.17, 15) is 21.6 Å². The van der Waals surface area contributed by atoms with Gasteiger partial charge in [0, 0.05) is 36.0 Å². The molecule has 5 nitrogen and oxygen atoms in total. The van der Waals surface area contributed by atoms with Gasteiger partial charge in [-0.25, -0.2) is 8.42 Å². The van der Waals surface area contributed by atoms with Crippen molar-refractivity contribution in [2.45, 2.75) is 29.4 Å². The highest BCUT2D eigenvalue weighted by atomic mass is 32.2. The molecule has 1 spiro atoms. The van der Waals surface area contributed by atoms with Gasteiger partial charge in [-0.05, 0) is 24.1 Å². The Kier molecular flexibility index (Phi) is 4.36. The van der Waals surface area contributed by atoms with Crippen LogP contribution in [0.3, 0.4) is 0 Å². The molecule has 0 N–H and O–H groups in total. The summed E-state index contributed by atoms with van der Waals surface area (Å²) >= 11 is 1.49. The third kappa shape index (κ3) is 3.35. The number of halogens is 3. The summed E-state index contributed by atoms with van der Waals surface area (Å²) in [5, 5.41) is 0. The molecule has 0 radical (unpaired) electrons. The summed E-state index contributed by atoms with van der Waals surface area (Å²) < 4.78 is 66.0. The zero-order valence-electron chi connectivity index (χ0n) is 12.0. The first-order chi connectivity index (χ1) is 10.7. The monoisotopic (exact) mass is 368 g/mol. The molecule has 3 rings (SSSR count). The number of alkyl halides is 3. The largest absolute Gasteiger partial charge is 0.511 e. The molecule has 0 aliphatic carbocycles. The second-order valence-corrected chi connectivity index (χ2v) is 9.12. The van der Waals surface area contributed by atoms with Crippen molar-refractivity contribution in [1.82, 2.24) is 9.29 Å². The van der Waals surface area contributed by atoms with Gasteiger partial charge in [0.25, 0.3) is 0 Å². The van der Waals surface area contributed by atoms with Gasteiger partial charge in [-0.1, -0.05) is 0 Å². The van der Waals surface area contributed by atoms with Crippen molar-refractivity contribution in [2.24, 2.45) is 0 Å². The van der Waals surface area contributed by atoms with E-state index in [0.29, 0.717) is 23.1 Å². The van der Waals surface area contributed by atoms with Gasteiger partial charge < -0.3 is 4.74 Å². The van der Waals surface area contributed by atoms with Crippen molar-refractivity contribution in [3.05, 3.63) is 30.1 Å². The first-order valence-corrected chi connectivity index (χ1v) is 9.35. The molecule has 23 heavy (non-hydrogen) atoms. The molecule has 0 aromatic carbocycles. The second-order valence-electron chi connectivity index (χ2n) is 5.71. The number of sulfonamides is 1. The van der Waals surface area contributed by atoms with E-state index >= 15 is 0 Å². The Morgan fingerprint density at radius 2 is 2.00 bits per heavy atom. The van der Waals surface area contributed by atoms with Crippen LogP contribution in [0.15, 0.2) is 24.5 Å². The van der Waals surface area contributed by atoms with Gasteiger partial charge in [0.15, 0.2) is 0 Å². The van der Waals surface area contributed by atoms with E-state index in [1.165, 1.54) is 11.8 Å². The maximum absolute atomic E-state index is 12.5. The minimum Gasteiger partial charge on any atom is -0.373 e. The lowest BCUT2D eigenvalue weighted by atomic mass is 9.95. The third-order valence-corrected chi connectivity index (χ3v) is 7.07. The van der Waals surface area contributed by atoms with E-state index in [-0.39, 0.29) is 19.2 Å². The lowest BCUT2D eigenvalue weighted by Crippen LogP contribution is -2.62. The predicted octanol–water partition coefficient (Wildman–Crippen LogP) is 2.01. The average Bonchev–Trinajstić information content (AvgIpc) is 2.88. The van der Waals surface area contributed by atoms with E-state index in [1.807, 2.05) is 12.1 Å². The predicted molar refractivity (Wildman–Crippen MR) is 79.2 cm³/mol. The average molecular weight is 368 g/mol. The van der Waals surface area contributed by atoms with E-state index < -0.39 is 20.3 Å². The highest BCUT2D eigenvalue weighted by Gasteiger charge is 2.59. The molecule has 3 heterocycles. The Bertz CT molecular complexity index is 661. The minimum absolute atomic E-state index is 0.0797. The third-order valence-electron chi connectivity index (χ3n) is 3.97. The Morgan fingerprint density at radius 3 is 2.61 bits per heavy atom. The molecule has 1 aromatic heterocycles. The summed E-state index contributed by atoms with van der Waals surface area (Å²) in [7, 11) is -5.20. The molecule has 0 amide bonds. The lowest BCUT2D eigenvalue weighted by molar-refractivity contribution is -0.0521. The van der Waals surface area contributed by atoms with Crippen LogP contribution in [0.1, 0.15) is 12.0 Å². The molecule has 10 heteroatoms. The fourth-order valence-corrected chi connectivity index (χ4v) is 5.58. The van der Waals surface area contributed by atoms with Crippen LogP contribution in [0.4, 0.5) is 13.2 Å². The molecular weight excluding hydrogens is 353 g/mol. The molecule has 1 aromatic rings. The molecule has 0 bridgehead atoms. The van der Waals surface area contributed by atoms with Gasteiger partial charge in [-0.3, -0.25) is 4.98 Å². The van der Waals surface area contributed by atoms with Crippen LogP contribution in [0.25, 0.3) is 0 Å². The minimum atomic E-state index is -5.23. The Morgan fingerprint density at radius 1 is 1.35 bits per heavy atom. The Hall–Kier alpha value is -0.840. The number of thioether (sulfide) groups is 1. The molecule has 2 saturated heterocycles. The number of pyridine rings is 1. The van der Waals surface area contributed by atoms with E-state index in [0.717, 1.165) is 5.56 Å². The molecule has 0 saturated carbocycles. The van der Waals surface area contributed by atoms with E-state index in [2.05, 4.69) is 4.98 Å². The highest BCUT2D eigenvalue weighted by Crippen LogP contribution is 2.48. The first-order valence-electron chi connectivity index (χ1n) is 6.93. The number of rotatable bonds is 4. The van der Waals surface area contributed by atoms with Gasteiger partial charge in [-0.15, -0.1) is 11.8 Å². The van der Waals surface area contributed by atoms with Crippen molar-refractivity contribution in [1.29, 1.82) is 0 Å². The number of nitrogens with zero attached hydrogens (tertiary/aromatic N) is 2. The molecule has 1 unspecified atom stereocenters. The van der Waals surface area contributed by atoms with Crippen LogP contribution in [-0.4, -0.2) is 52.9 Å². The molecule has 2 aliphatic rings. The van der Waals surface area contributed by atoms with Crippen molar-refractivity contribution in [3.8, 4) is 0 Å². The summed E-state index contributed by atoms with van der Waals surface area (Å²) in [6.45, 7) is 0.206. The summed E-state index contributed by atoms with van der Waals surface area (Å²) in [5.41, 5.74) is -4.25. The maximum atomic E-state index is 12.5. The van der Waals surface area contributed by atoms with Crippen LogP contribution in [0.5, 0.6) is 0 Å². The Labute approximate surface area is 136 Å². The van der Waals surface area contributed by atoms with Crippen molar-refractivity contribution in [2.75, 3.05) is 18.8 Å². The zero-order chi connectivity index (χ0) is 16.7. The lowest BCUT2D eigenvalue weighted by Gasteiger charge is -2.46. The standard InChI is InChI=1S/C13H15F3N2O3S2/c14-13(15,16)23(19,20)18-8-12(9-18)5-11(7-22-12)21-6-10-1-3-17-4-2-10/h1-4,11H,5-9H2. The SMILES string of the molecule is O=S(=O)(N1CC2(CC(OCc3ccncc3)CS2)C1)C(F)(F)F. The molecule has 2 fully saturated rings. The van der Waals surface area contributed by atoms with Crippen molar-refractivity contribution < 1.29 is 26.3 Å². The highest BCUT2D eigenvalue weighted by molar-refractivity contribution is 8.01. The number of hydrogen-bond acceptors (Lipinski definition) is 5. The molecule has 1 atom stereocenters. The summed E-state index contributed by atoms with van der Waals surface area (Å²) in [5.74, 6) is 0.658. The molecular formula is C13H15F3N2O3S2. The van der Waals surface area contributed by atoms with Gasteiger partial charge in [0.05, 0.1) is 12.7 Å². The van der Waals surface area contributed by atoms with Gasteiger partial charge >= 0.3 is 15.5 Å². The van der Waals surface area contributed by atoms with Gasteiger partial charge in [0.1, 0.15) is 0 Å². The van der Waals surface area contributed by atoms with Crippen LogP contribution >= 0.6 is 11.8 Å². The van der Waals surface area contributed by atoms with Crippen molar-refractivity contribution >= 4 is 21.8 Å². The molecule has 128 valence electrons. The maximum Gasteiger partial charge on any atom is 0.511 e. The number of aromatic nitrogens is 1. The van der Waals surface area contributed by atoms with Gasteiger partial charge in [0.2, 0.25) is 0 Å². The molecule has 2 aliphatic heterocycles. The number of ether oxygens (including phenoxy) is 1. The number of hydrogen-bond donors (Lipinski definition) is 0. The normalized spacial score (nSPS) is 24.7. The zero-order valence-corrected chi connectivity index (χ0v) is 13.6.